The Morgan fingerprint density at radius 1 is 0.889 bits per heavy atom. The first-order valence-corrected chi connectivity index (χ1v) is 12.0. The van der Waals surface area contributed by atoms with Crippen LogP contribution in [0.4, 0.5) is 4.79 Å². The van der Waals surface area contributed by atoms with E-state index in [1.54, 1.807) is 0 Å². The SMILES string of the molecule is CN(C)Cc1ccc(CNC(=O)[C@H](Cc2c[nH]c3ccccc23)NC(=O)OCc2ccccc2)cc1. The number of benzene rings is 3. The van der Waals surface area contributed by atoms with Gasteiger partial charge in [-0.3, -0.25) is 4.79 Å². The number of hydrogen-bond acceptors (Lipinski definition) is 4. The number of hydrogen-bond donors (Lipinski definition) is 3. The van der Waals surface area contributed by atoms with E-state index < -0.39 is 12.1 Å². The van der Waals surface area contributed by atoms with E-state index in [-0.39, 0.29) is 12.5 Å². The Morgan fingerprint density at radius 3 is 2.33 bits per heavy atom. The maximum atomic E-state index is 13.2. The van der Waals surface area contributed by atoms with Crippen molar-refractivity contribution in [1.29, 1.82) is 0 Å². The summed E-state index contributed by atoms with van der Waals surface area (Å²) < 4.78 is 5.38. The second-order valence-electron chi connectivity index (χ2n) is 9.09. The van der Waals surface area contributed by atoms with E-state index in [9.17, 15) is 9.59 Å². The van der Waals surface area contributed by atoms with Gasteiger partial charge in [0.05, 0.1) is 0 Å². The lowest BCUT2D eigenvalue weighted by molar-refractivity contribution is -0.123. The number of nitrogens with one attached hydrogen (secondary N) is 3. The molecule has 0 aliphatic carbocycles. The number of alkyl carbamates (subject to hydrolysis) is 1. The molecule has 4 aromatic rings. The molecular formula is C29H32N4O3. The maximum Gasteiger partial charge on any atom is 0.408 e. The van der Waals surface area contributed by atoms with Crippen molar-refractivity contribution >= 4 is 22.9 Å². The average molecular weight is 485 g/mol. The third-order valence-electron chi connectivity index (χ3n) is 5.91. The van der Waals surface area contributed by atoms with E-state index in [0.717, 1.165) is 34.1 Å². The van der Waals surface area contributed by atoms with Gasteiger partial charge in [0.1, 0.15) is 12.6 Å². The lowest BCUT2D eigenvalue weighted by Crippen LogP contribution is -2.48. The minimum Gasteiger partial charge on any atom is -0.445 e. The average Bonchev–Trinajstić information content (AvgIpc) is 3.29. The Bertz CT molecular complexity index is 1280. The number of aromatic amines is 1. The smallest absolute Gasteiger partial charge is 0.408 e. The lowest BCUT2D eigenvalue weighted by Gasteiger charge is -2.18. The number of fused-ring (bicyclic) bond motifs is 1. The molecule has 2 amide bonds. The Labute approximate surface area is 211 Å². The Balaban J connectivity index is 1.42. The van der Waals surface area contributed by atoms with Crippen molar-refractivity contribution in [2.45, 2.75) is 32.2 Å². The predicted molar refractivity (Wildman–Crippen MR) is 141 cm³/mol. The molecule has 0 fully saturated rings. The van der Waals surface area contributed by atoms with Crippen LogP contribution in [-0.4, -0.2) is 42.0 Å². The summed E-state index contributed by atoms with van der Waals surface area (Å²) in [4.78, 5) is 31.1. The molecule has 4 rings (SSSR count). The zero-order valence-corrected chi connectivity index (χ0v) is 20.7. The zero-order valence-electron chi connectivity index (χ0n) is 20.7. The molecule has 186 valence electrons. The second kappa shape index (κ2) is 12.0. The topological polar surface area (TPSA) is 86.5 Å². The summed E-state index contributed by atoms with van der Waals surface area (Å²) >= 11 is 0. The molecule has 3 aromatic carbocycles. The summed E-state index contributed by atoms with van der Waals surface area (Å²) in [6.07, 6.45) is 1.58. The van der Waals surface area contributed by atoms with Gasteiger partial charge >= 0.3 is 6.09 Å². The fourth-order valence-electron chi connectivity index (χ4n) is 4.08. The van der Waals surface area contributed by atoms with Crippen molar-refractivity contribution in [2.75, 3.05) is 14.1 Å². The van der Waals surface area contributed by atoms with E-state index in [4.69, 9.17) is 4.74 Å². The number of H-pyrrole nitrogens is 1. The van der Waals surface area contributed by atoms with E-state index in [2.05, 4.69) is 32.7 Å². The van der Waals surface area contributed by atoms with E-state index in [0.29, 0.717) is 13.0 Å². The van der Waals surface area contributed by atoms with Crippen LogP contribution < -0.4 is 10.6 Å². The Kier molecular flexibility index (Phi) is 8.36. The van der Waals surface area contributed by atoms with Crippen LogP contribution in [0, 0.1) is 0 Å². The van der Waals surface area contributed by atoms with Crippen LogP contribution >= 0.6 is 0 Å². The number of amides is 2. The van der Waals surface area contributed by atoms with Gasteiger partial charge in [-0.25, -0.2) is 4.79 Å². The third-order valence-corrected chi connectivity index (χ3v) is 5.91. The molecule has 3 N–H and O–H groups in total. The minimum atomic E-state index is -0.791. The zero-order chi connectivity index (χ0) is 25.3. The first kappa shape index (κ1) is 25.0. The monoisotopic (exact) mass is 484 g/mol. The third kappa shape index (κ3) is 6.96. The highest BCUT2D eigenvalue weighted by molar-refractivity contribution is 5.88. The minimum absolute atomic E-state index is 0.132. The molecule has 7 nitrogen and oxygen atoms in total. The summed E-state index contributed by atoms with van der Waals surface area (Å²) in [6.45, 7) is 1.36. The van der Waals surface area contributed by atoms with Gasteiger partial charge in [-0.1, -0.05) is 72.8 Å². The summed E-state index contributed by atoms with van der Waals surface area (Å²) in [6, 6.07) is 24.7. The molecule has 0 saturated carbocycles. The Morgan fingerprint density at radius 2 is 1.58 bits per heavy atom. The van der Waals surface area contributed by atoms with E-state index >= 15 is 0 Å². The molecule has 0 aliphatic heterocycles. The number of para-hydroxylation sites is 1. The van der Waals surface area contributed by atoms with Crippen molar-refractivity contribution in [3.05, 3.63) is 107 Å². The molecule has 0 aliphatic rings. The van der Waals surface area contributed by atoms with Gasteiger partial charge in [0.2, 0.25) is 5.91 Å². The largest absolute Gasteiger partial charge is 0.445 e. The molecule has 1 heterocycles. The molecule has 7 heteroatoms. The number of nitrogens with zero attached hydrogens (tertiary/aromatic N) is 1. The van der Waals surface area contributed by atoms with Crippen LogP contribution in [0.1, 0.15) is 22.3 Å². The summed E-state index contributed by atoms with van der Waals surface area (Å²) in [5.74, 6) is -0.269. The van der Waals surface area contributed by atoms with Crippen molar-refractivity contribution in [3.8, 4) is 0 Å². The van der Waals surface area contributed by atoms with E-state index in [1.807, 2.05) is 87.0 Å². The van der Waals surface area contributed by atoms with Gasteiger partial charge in [0.25, 0.3) is 0 Å². The summed E-state index contributed by atoms with van der Waals surface area (Å²) in [5, 5.41) is 6.75. The number of rotatable bonds is 10. The molecule has 0 saturated heterocycles. The standard InChI is InChI=1S/C29H32N4O3/c1-33(2)19-22-14-12-21(13-15-22)17-31-28(34)27(16-24-18-30-26-11-7-6-10-25(24)26)32-29(35)36-20-23-8-4-3-5-9-23/h3-15,18,27,30H,16-17,19-20H2,1-2H3,(H,31,34)(H,32,35)/t27-/m0/s1. The maximum absolute atomic E-state index is 13.2. The molecule has 1 aromatic heterocycles. The summed E-state index contributed by atoms with van der Waals surface area (Å²) in [7, 11) is 4.06. The van der Waals surface area contributed by atoms with Crippen LogP contribution in [0.15, 0.2) is 85.1 Å². The van der Waals surface area contributed by atoms with Crippen molar-refractivity contribution < 1.29 is 14.3 Å². The first-order valence-electron chi connectivity index (χ1n) is 12.0. The highest BCUT2D eigenvalue weighted by Gasteiger charge is 2.23. The van der Waals surface area contributed by atoms with Gasteiger partial charge in [-0.05, 0) is 42.4 Å². The van der Waals surface area contributed by atoms with Crippen LogP contribution in [0.25, 0.3) is 10.9 Å². The van der Waals surface area contributed by atoms with Crippen LogP contribution in [0.2, 0.25) is 0 Å². The van der Waals surface area contributed by atoms with Crippen LogP contribution in [0.3, 0.4) is 0 Å². The normalized spacial score (nSPS) is 11.9. The molecule has 0 spiro atoms. The van der Waals surface area contributed by atoms with Crippen molar-refractivity contribution in [3.63, 3.8) is 0 Å². The lowest BCUT2D eigenvalue weighted by atomic mass is 10.0. The number of ether oxygens (including phenoxy) is 1. The molecule has 0 radical (unpaired) electrons. The summed E-state index contributed by atoms with van der Waals surface area (Å²) in [5.41, 5.74) is 5.00. The molecule has 0 bridgehead atoms. The van der Waals surface area contributed by atoms with Gasteiger partial charge < -0.3 is 25.3 Å². The van der Waals surface area contributed by atoms with Gasteiger partial charge in [-0.15, -0.1) is 0 Å². The second-order valence-corrected chi connectivity index (χ2v) is 9.09. The van der Waals surface area contributed by atoms with Gasteiger partial charge in [0, 0.05) is 36.6 Å². The number of carbonyl (C=O) groups is 2. The van der Waals surface area contributed by atoms with Gasteiger partial charge in [0.15, 0.2) is 0 Å². The molecule has 0 unspecified atom stereocenters. The van der Waals surface area contributed by atoms with Crippen LogP contribution in [-0.2, 0) is 35.6 Å². The predicted octanol–water partition coefficient (Wildman–Crippen LogP) is 4.38. The van der Waals surface area contributed by atoms with Gasteiger partial charge in [-0.2, -0.15) is 0 Å². The number of carbonyl (C=O) groups excluding carboxylic acids is 2. The van der Waals surface area contributed by atoms with Crippen molar-refractivity contribution in [1.82, 2.24) is 20.5 Å². The van der Waals surface area contributed by atoms with Crippen molar-refractivity contribution in [2.24, 2.45) is 0 Å². The quantitative estimate of drug-likeness (QED) is 0.312. The molecular weight excluding hydrogens is 452 g/mol. The molecule has 36 heavy (non-hydrogen) atoms. The number of aromatic nitrogens is 1. The molecule has 1 atom stereocenters. The fraction of sp³-hybridized carbons (Fsp3) is 0.241. The highest BCUT2D eigenvalue weighted by atomic mass is 16.5. The fourth-order valence-corrected chi connectivity index (χ4v) is 4.08. The Hall–Kier alpha value is -4.10. The highest BCUT2D eigenvalue weighted by Crippen LogP contribution is 2.19. The first-order chi connectivity index (χ1) is 17.5. The van der Waals surface area contributed by atoms with E-state index in [1.165, 1.54) is 5.56 Å². The van der Waals surface area contributed by atoms with Crippen LogP contribution in [0.5, 0.6) is 0 Å².